The van der Waals surface area contributed by atoms with Crippen LogP contribution in [0, 0.1) is 17.8 Å². The predicted molar refractivity (Wildman–Crippen MR) is 192 cm³/mol. The number of esters is 1. The molecule has 0 radical (unpaired) electrons. The van der Waals surface area contributed by atoms with Crippen molar-refractivity contribution < 1.29 is 19.4 Å². The maximum absolute atomic E-state index is 12.4. The summed E-state index contributed by atoms with van der Waals surface area (Å²) in [6.45, 7) is 8.17. The molecule has 0 aliphatic carbocycles. The second-order valence-corrected chi connectivity index (χ2v) is 14.3. The molecule has 1 saturated heterocycles. The molecule has 0 amide bonds. The van der Waals surface area contributed by atoms with Crippen molar-refractivity contribution in [2.75, 3.05) is 20.2 Å². The van der Waals surface area contributed by atoms with Crippen LogP contribution in [-0.2, 0) is 14.3 Å². The first-order valence-electron chi connectivity index (χ1n) is 19.7. The average molecular weight is 634 g/mol. The fourth-order valence-corrected chi connectivity index (χ4v) is 7.12. The molecule has 0 bridgehead atoms. The van der Waals surface area contributed by atoms with Crippen LogP contribution in [0.1, 0.15) is 188 Å². The third-order valence-electron chi connectivity index (χ3n) is 10.2. The fraction of sp³-hybridized carbons (Fsp3) is 0.900. The monoisotopic (exact) mass is 634 g/mol. The summed E-state index contributed by atoms with van der Waals surface area (Å²) in [4.78, 5) is 26.6. The number of carboxylic acids is 1. The topological polar surface area (TPSA) is 66.8 Å². The lowest BCUT2D eigenvalue weighted by atomic mass is 9.79. The van der Waals surface area contributed by atoms with E-state index >= 15 is 0 Å². The van der Waals surface area contributed by atoms with E-state index in [0.29, 0.717) is 30.9 Å². The third kappa shape index (κ3) is 22.0. The molecule has 1 fully saturated rings. The highest BCUT2D eigenvalue weighted by atomic mass is 16.5. The minimum atomic E-state index is -0.603. The molecule has 0 saturated carbocycles. The number of unbranched alkanes of at least 4 members (excludes halogenated alkanes) is 16. The van der Waals surface area contributed by atoms with Crippen molar-refractivity contribution in [2.24, 2.45) is 17.8 Å². The Morgan fingerprint density at radius 3 is 1.91 bits per heavy atom. The SMILES string of the molecule is CCCCC/C=C\C(CCCC)COC(=O)CCCCCCCCC(CCCCCCCCCC)C1CC(C(=O)O)CCN1C. The van der Waals surface area contributed by atoms with Crippen LogP contribution in [0.5, 0.6) is 0 Å². The van der Waals surface area contributed by atoms with E-state index in [2.05, 4.69) is 44.9 Å². The van der Waals surface area contributed by atoms with Crippen molar-refractivity contribution in [2.45, 2.75) is 194 Å². The number of hydrogen-bond acceptors (Lipinski definition) is 4. The first-order valence-corrected chi connectivity index (χ1v) is 19.7. The van der Waals surface area contributed by atoms with Crippen molar-refractivity contribution in [3.05, 3.63) is 12.2 Å². The number of likely N-dealkylation sites (tertiary alicyclic amines) is 1. The lowest BCUT2D eigenvalue weighted by Crippen LogP contribution is -2.46. The number of rotatable bonds is 30. The molecular weight excluding hydrogens is 558 g/mol. The Morgan fingerprint density at radius 1 is 0.756 bits per heavy atom. The normalized spacial score (nSPS) is 18.8. The first-order chi connectivity index (χ1) is 21.9. The molecule has 4 atom stereocenters. The highest BCUT2D eigenvalue weighted by Crippen LogP contribution is 2.33. The Labute approximate surface area is 279 Å². The van der Waals surface area contributed by atoms with Crippen LogP contribution in [-0.4, -0.2) is 48.2 Å². The largest absolute Gasteiger partial charge is 0.481 e. The molecule has 0 aromatic rings. The van der Waals surface area contributed by atoms with Gasteiger partial charge in [0.05, 0.1) is 12.5 Å². The Morgan fingerprint density at radius 2 is 1.31 bits per heavy atom. The van der Waals surface area contributed by atoms with Gasteiger partial charge < -0.3 is 14.7 Å². The van der Waals surface area contributed by atoms with Gasteiger partial charge in [0.2, 0.25) is 0 Å². The Balaban J connectivity index is 2.32. The number of hydrogen-bond donors (Lipinski definition) is 1. The van der Waals surface area contributed by atoms with Crippen LogP contribution in [0.2, 0.25) is 0 Å². The quantitative estimate of drug-likeness (QED) is 0.0484. The van der Waals surface area contributed by atoms with Gasteiger partial charge in [-0.15, -0.1) is 0 Å². The number of ether oxygens (including phenoxy) is 1. The van der Waals surface area contributed by atoms with E-state index in [0.717, 1.165) is 45.1 Å². The standard InChI is InChI=1S/C40H75NO4/c1-5-8-11-13-14-15-19-23-28-36(38-33-37(40(43)44)31-32-41(38)4)29-24-20-16-17-21-25-30-39(42)45-34-35(26-10-7-3)27-22-18-12-9-6-2/h22,27,35-38H,5-21,23-26,28-34H2,1-4H3,(H,43,44)/b27-22-. The van der Waals surface area contributed by atoms with Gasteiger partial charge in [-0.25, -0.2) is 0 Å². The number of allylic oxidation sites excluding steroid dienone is 1. The fourth-order valence-electron chi connectivity index (χ4n) is 7.12. The van der Waals surface area contributed by atoms with Crippen LogP contribution in [0.15, 0.2) is 12.2 Å². The summed E-state index contributed by atoms with van der Waals surface area (Å²) >= 11 is 0. The van der Waals surface area contributed by atoms with E-state index in [1.165, 1.54) is 122 Å². The van der Waals surface area contributed by atoms with Gasteiger partial charge in [-0.2, -0.15) is 0 Å². The van der Waals surface area contributed by atoms with Crippen molar-refractivity contribution in [3.63, 3.8) is 0 Å². The van der Waals surface area contributed by atoms with Gasteiger partial charge in [0, 0.05) is 18.4 Å². The van der Waals surface area contributed by atoms with Gasteiger partial charge in [0.1, 0.15) is 0 Å². The Bertz CT molecular complexity index is 738. The Kier molecular flexibility index (Phi) is 26.7. The molecule has 264 valence electrons. The summed E-state index contributed by atoms with van der Waals surface area (Å²) in [5.74, 6) is 0.163. The number of piperidine rings is 1. The van der Waals surface area contributed by atoms with Crippen LogP contribution in [0.4, 0.5) is 0 Å². The van der Waals surface area contributed by atoms with Gasteiger partial charge >= 0.3 is 11.9 Å². The highest BCUT2D eigenvalue weighted by Gasteiger charge is 2.34. The van der Waals surface area contributed by atoms with E-state index in [4.69, 9.17) is 4.74 Å². The van der Waals surface area contributed by atoms with Gasteiger partial charge in [0.15, 0.2) is 0 Å². The van der Waals surface area contributed by atoms with Crippen molar-refractivity contribution in [1.82, 2.24) is 4.90 Å². The first kappa shape index (κ1) is 41.7. The molecule has 4 unspecified atom stereocenters. The number of carbonyl (C=O) groups is 2. The maximum Gasteiger partial charge on any atom is 0.306 e. The minimum absolute atomic E-state index is 0.0315. The average Bonchev–Trinajstić information content (AvgIpc) is 3.03. The molecule has 5 nitrogen and oxygen atoms in total. The predicted octanol–water partition coefficient (Wildman–Crippen LogP) is 11.5. The summed E-state index contributed by atoms with van der Waals surface area (Å²) < 4.78 is 5.68. The molecule has 0 aromatic carbocycles. The smallest absolute Gasteiger partial charge is 0.306 e. The summed E-state index contributed by atoms with van der Waals surface area (Å²) in [7, 11) is 2.21. The van der Waals surface area contributed by atoms with Gasteiger partial charge in [-0.05, 0) is 70.9 Å². The third-order valence-corrected chi connectivity index (χ3v) is 10.2. The molecule has 1 aliphatic heterocycles. The second kappa shape index (κ2) is 28.8. The lowest BCUT2D eigenvalue weighted by Gasteiger charge is -2.40. The zero-order chi connectivity index (χ0) is 33.0. The van der Waals surface area contributed by atoms with E-state index in [1.807, 2.05) is 0 Å². The maximum atomic E-state index is 12.4. The molecule has 1 aliphatic rings. The number of carbonyl (C=O) groups excluding carboxylic acids is 1. The van der Waals surface area contributed by atoms with Crippen LogP contribution < -0.4 is 0 Å². The highest BCUT2D eigenvalue weighted by molar-refractivity contribution is 5.70. The van der Waals surface area contributed by atoms with Crippen LogP contribution >= 0.6 is 0 Å². The zero-order valence-electron chi connectivity index (χ0n) is 30.4. The van der Waals surface area contributed by atoms with Crippen molar-refractivity contribution >= 4 is 11.9 Å². The molecule has 1 heterocycles. The van der Waals surface area contributed by atoms with Gasteiger partial charge in [-0.3, -0.25) is 9.59 Å². The summed E-state index contributed by atoms with van der Waals surface area (Å²) in [6, 6.07) is 0.411. The van der Waals surface area contributed by atoms with E-state index in [1.54, 1.807) is 0 Å². The van der Waals surface area contributed by atoms with E-state index in [9.17, 15) is 14.7 Å². The summed E-state index contributed by atoms with van der Waals surface area (Å²) in [5.41, 5.74) is 0. The van der Waals surface area contributed by atoms with Crippen molar-refractivity contribution in [3.8, 4) is 0 Å². The number of aliphatic carboxylic acids is 1. The molecule has 5 heteroatoms. The number of nitrogens with zero attached hydrogens (tertiary/aromatic N) is 1. The summed E-state index contributed by atoms with van der Waals surface area (Å²) in [6.07, 6.45) is 35.2. The minimum Gasteiger partial charge on any atom is -0.481 e. The second-order valence-electron chi connectivity index (χ2n) is 14.3. The van der Waals surface area contributed by atoms with Gasteiger partial charge in [-0.1, -0.05) is 142 Å². The molecule has 1 N–H and O–H groups in total. The van der Waals surface area contributed by atoms with E-state index < -0.39 is 5.97 Å². The van der Waals surface area contributed by atoms with Gasteiger partial charge in [0.25, 0.3) is 0 Å². The van der Waals surface area contributed by atoms with E-state index in [-0.39, 0.29) is 11.9 Å². The molecule has 0 aromatic heterocycles. The Hall–Kier alpha value is -1.36. The number of carboxylic acid groups (broad SMARTS) is 1. The summed E-state index contributed by atoms with van der Waals surface area (Å²) in [5, 5.41) is 9.70. The van der Waals surface area contributed by atoms with Crippen LogP contribution in [0.3, 0.4) is 0 Å². The zero-order valence-corrected chi connectivity index (χ0v) is 30.4. The van der Waals surface area contributed by atoms with Crippen LogP contribution in [0.25, 0.3) is 0 Å². The molecular formula is C40H75NO4. The van der Waals surface area contributed by atoms with Crippen molar-refractivity contribution in [1.29, 1.82) is 0 Å². The lowest BCUT2D eigenvalue weighted by molar-refractivity contribution is -0.145. The molecule has 45 heavy (non-hydrogen) atoms. The molecule has 1 rings (SSSR count). The molecule has 0 spiro atoms.